The van der Waals surface area contributed by atoms with Crippen LogP contribution in [0, 0.1) is 0 Å². The summed E-state index contributed by atoms with van der Waals surface area (Å²) in [7, 11) is 0. The molecule has 0 saturated heterocycles. The standard InChI is InChI=1S/C16H18N6OS/c1-11(2)22-13(8-9-17-22)18-14(23)10-24-16-19-15(20-21-16)12-6-4-3-5-7-12/h3-9,11H,10H2,1-2H3,(H,18,23)(H,19,20,21). The van der Waals surface area contributed by atoms with Crippen molar-refractivity contribution >= 4 is 23.5 Å². The molecule has 2 aromatic heterocycles. The molecule has 1 amide bonds. The van der Waals surface area contributed by atoms with Crippen LogP contribution in [0.1, 0.15) is 19.9 Å². The van der Waals surface area contributed by atoms with E-state index in [1.165, 1.54) is 11.8 Å². The number of rotatable bonds is 6. The van der Waals surface area contributed by atoms with Crippen molar-refractivity contribution in [1.29, 1.82) is 0 Å². The first-order valence-corrected chi connectivity index (χ1v) is 8.56. The molecule has 3 aromatic rings. The van der Waals surface area contributed by atoms with Gasteiger partial charge in [-0.25, -0.2) is 9.67 Å². The van der Waals surface area contributed by atoms with Gasteiger partial charge in [0.2, 0.25) is 11.1 Å². The van der Waals surface area contributed by atoms with E-state index in [0.29, 0.717) is 16.8 Å². The number of H-pyrrole nitrogens is 1. The van der Waals surface area contributed by atoms with Crippen molar-refractivity contribution in [2.75, 3.05) is 11.1 Å². The Morgan fingerprint density at radius 1 is 1.29 bits per heavy atom. The van der Waals surface area contributed by atoms with Gasteiger partial charge in [-0.3, -0.25) is 9.89 Å². The molecule has 1 aromatic carbocycles. The first kappa shape index (κ1) is 16.3. The van der Waals surface area contributed by atoms with Crippen molar-refractivity contribution in [3.63, 3.8) is 0 Å². The molecule has 2 N–H and O–H groups in total. The minimum atomic E-state index is -0.117. The molecule has 8 heteroatoms. The van der Waals surface area contributed by atoms with Crippen LogP contribution in [0.4, 0.5) is 5.82 Å². The largest absolute Gasteiger partial charge is 0.310 e. The molecular weight excluding hydrogens is 324 g/mol. The van der Waals surface area contributed by atoms with Gasteiger partial charge in [-0.2, -0.15) is 5.10 Å². The Labute approximate surface area is 143 Å². The highest BCUT2D eigenvalue weighted by atomic mass is 32.2. The minimum absolute atomic E-state index is 0.117. The van der Waals surface area contributed by atoms with Crippen molar-refractivity contribution in [3.05, 3.63) is 42.6 Å². The highest BCUT2D eigenvalue weighted by Crippen LogP contribution is 2.19. The number of carbonyl (C=O) groups is 1. The van der Waals surface area contributed by atoms with Gasteiger partial charge in [-0.1, -0.05) is 42.1 Å². The fraction of sp³-hybridized carbons (Fsp3) is 0.250. The maximum atomic E-state index is 12.1. The molecule has 0 aliphatic heterocycles. The fourth-order valence-corrected chi connectivity index (χ4v) is 2.77. The van der Waals surface area contributed by atoms with Crippen molar-refractivity contribution in [2.45, 2.75) is 25.0 Å². The lowest BCUT2D eigenvalue weighted by atomic mass is 10.2. The van der Waals surface area contributed by atoms with Crippen LogP contribution in [0.3, 0.4) is 0 Å². The van der Waals surface area contributed by atoms with Crippen molar-refractivity contribution in [1.82, 2.24) is 25.0 Å². The summed E-state index contributed by atoms with van der Waals surface area (Å²) in [6, 6.07) is 11.7. The lowest BCUT2D eigenvalue weighted by Crippen LogP contribution is -2.18. The lowest BCUT2D eigenvalue weighted by molar-refractivity contribution is -0.113. The van der Waals surface area contributed by atoms with Crippen LogP contribution in [-0.4, -0.2) is 36.6 Å². The van der Waals surface area contributed by atoms with E-state index in [1.54, 1.807) is 16.9 Å². The van der Waals surface area contributed by atoms with Gasteiger partial charge in [0.25, 0.3) is 0 Å². The molecule has 2 heterocycles. The predicted octanol–water partition coefficient (Wildman–Crippen LogP) is 2.98. The summed E-state index contributed by atoms with van der Waals surface area (Å²) < 4.78 is 1.77. The third kappa shape index (κ3) is 3.83. The van der Waals surface area contributed by atoms with Crippen molar-refractivity contribution in [2.24, 2.45) is 0 Å². The molecule has 24 heavy (non-hydrogen) atoms. The van der Waals surface area contributed by atoms with Gasteiger partial charge < -0.3 is 5.32 Å². The van der Waals surface area contributed by atoms with E-state index >= 15 is 0 Å². The molecular formula is C16H18N6OS. The van der Waals surface area contributed by atoms with Crippen LogP contribution in [0.5, 0.6) is 0 Å². The summed E-state index contributed by atoms with van der Waals surface area (Å²) >= 11 is 1.28. The van der Waals surface area contributed by atoms with E-state index in [0.717, 1.165) is 5.56 Å². The van der Waals surface area contributed by atoms with E-state index in [-0.39, 0.29) is 17.7 Å². The molecule has 124 valence electrons. The number of hydrogen-bond acceptors (Lipinski definition) is 5. The average molecular weight is 342 g/mol. The summed E-state index contributed by atoms with van der Waals surface area (Å²) in [5.74, 6) is 1.50. The van der Waals surface area contributed by atoms with Crippen LogP contribution in [0.25, 0.3) is 11.4 Å². The van der Waals surface area contributed by atoms with Gasteiger partial charge >= 0.3 is 0 Å². The molecule has 0 spiro atoms. The van der Waals surface area contributed by atoms with E-state index in [4.69, 9.17) is 0 Å². The second-order valence-corrected chi connectivity index (χ2v) is 6.37. The number of anilines is 1. The summed E-state index contributed by atoms with van der Waals surface area (Å²) in [6.45, 7) is 4.02. The van der Waals surface area contributed by atoms with Crippen LogP contribution in [0.15, 0.2) is 47.8 Å². The van der Waals surface area contributed by atoms with Crippen molar-refractivity contribution in [3.8, 4) is 11.4 Å². The summed E-state index contributed by atoms with van der Waals surface area (Å²) in [5, 5.41) is 14.6. The van der Waals surface area contributed by atoms with Gasteiger partial charge in [0.15, 0.2) is 5.82 Å². The Bertz CT molecular complexity index is 811. The topological polar surface area (TPSA) is 88.5 Å². The fourth-order valence-electron chi connectivity index (χ4n) is 2.17. The Hall–Kier alpha value is -2.61. The number of hydrogen-bond donors (Lipinski definition) is 2. The molecule has 0 unspecified atom stereocenters. The van der Waals surface area contributed by atoms with Gasteiger partial charge in [-0.05, 0) is 13.8 Å². The summed E-state index contributed by atoms with van der Waals surface area (Å²) in [6.07, 6.45) is 1.67. The minimum Gasteiger partial charge on any atom is -0.310 e. The molecule has 0 radical (unpaired) electrons. The number of nitrogens with one attached hydrogen (secondary N) is 2. The van der Waals surface area contributed by atoms with Crippen LogP contribution < -0.4 is 5.32 Å². The van der Waals surface area contributed by atoms with Crippen molar-refractivity contribution < 1.29 is 4.79 Å². The predicted molar refractivity (Wildman–Crippen MR) is 93.8 cm³/mol. The lowest BCUT2D eigenvalue weighted by Gasteiger charge is -2.11. The smallest absolute Gasteiger partial charge is 0.235 e. The second kappa shape index (κ2) is 7.31. The third-order valence-corrected chi connectivity index (χ3v) is 4.12. The molecule has 3 rings (SSSR count). The number of amides is 1. The number of thioether (sulfide) groups is 1. The van der Waals surface area contributed by atoms with E-state index in [1.807, 2.05) is 44.2 Å². The Morgan fingerprint density at radius 3 is 2.83 bits per heavy atom. The Morgan fingerprint density at radius 2 is 2.08 bits per heavy atom. The maximum absolute atomic E-state index is 12.1. The number of carbonyl (C=O) groups excluding carboxylic acids is 1. The van der Waals surface area contributed by atoms with Gasteiger partial charge in [0.1, 0.15) is 5.82 Å². The van der Waals surface area contributed by atoms with E-state index in [9.17, 15) is 4.79 Å². The maximum Gasteiger partial charge on any atom is 0.235 e. The molecule has 0 fully saturated rings. The van der Waals surface area contributed by atoms with E-state index < -0.39 is 0 Å². The molecule has 0 bridgehead atoms. The molecule has 0 aliphatic carbocycles. The Balaban J connectivity index is 1.57. The zero-order chi connectivity index (χ0) is 16.9. The molecule has 0 aliphatic rings. The van der Waals surface area contributed by atoms with Crippen LogP contribution in [-0.2, 0) is 4.79 Å². The molecule has 0 saturated carbocycles. The van der Waals surface area contributed by atoms with Gasteiger partial charge in [0.05, 0.1) is 11.9 Å². The highest BCUT2D eigenvalue weighted by Gasteiger charge is 2.12. The Kier molecular flexibility index (Phi) is 4.95. The zero-order valence-corrected chi connectivity index (χ0v) is 14.2. The van der Waals surface area contributed by atoms with Gasteiger partial charge in [0, 0.05) is 17.7 Å². The van der Waals surface area contributed by atoms with Gasteiger partial charge in [-0.15, -0.1) is 5.10 Å². The monoisotopic (exact) mass is 342 g/mol. The SMILES string of the molecule is CC(C)n1nccc1NC(=O)CSc1n[nH]c(-c2ccccc2)n1. The first-order chi connectivity index (χ1) is 11.6. The highest BCUT2D eigenvalue weighted by molar-refractivity contribution is 7.99. The van der Waals surface area contributed by atoms with E-state index in [2.05, 4.69) is 25.6 Å². The summed E-state index contributed by atoms with van der Waals surface area (Å²) in [5.41, 5.74) is 0.960. The molecule has 7 nitrogen and oxygen atoms in total. The normalized spacial score (nSPS) is 11.0. The number of nitrogens with zero attached hydrogens (tertiary/aromatic N) is 4. The quantitative estimate of drug-likeness (QED) is 0.672. The third-order valence-electron chi connectivity index (χ3n) is 3.27. The second-order valence-electron chi connectivity index (χ2n) is 5.42. The number of aromatic nitrogens is 5. The number of aromatic amines is 1. The van der Waals surface area contributed by atoms with Crippen LogP contribution >= 0.6 is 11.8 Å². The zero-order valence-electron chi connectivity index (χ0n) is 13.4. The molecule has 0 atom stereocenters. The van der Waals surface area contributed by atoms with Crippen LogP contribution in [0.2, 0.25) is 0 Å². The summed E-state index contributed by atoms with van der Waals surface area (Å²) in [4.78, 5) is 16.5. The average Bonchev–Trinajstić information content (AvgIpc) is 3.23. The first-order valence-electron chi connectivity index (χ1n) is 7.57. The number of benzene rings is 1.